The molecule has 29 heavy (non-hydrogen) atoms. The van der Waals surface area contributed by atoms with Crippen LogP contribution in [0.2, 0.25) is 0 Å². The van der Waals surface area contributed by atoms with E-state index >= 15 is 0 Å². The van der Waals surface area contributed by atoms with Crippen LogP contribution in [0.25, 0.3) is 6.08 Å². The molecular weight excluding hydrogens is 372 g/mol. The third-order valence-electron chi connectivity index (χ3n) is 4.66. The highest BCUT2D eigenvalue weighted by Crippen LogP contribution is 2.28. The number of methoxy groups -OCH3 is 2. The normalized spacial score (nSPS) is 14.2. The van der Waals surface area contributed by atoms with Gasteiger partial charge in [-0.2, -0.15) is 0 Å². The summed E-state index contributed by atoms with van der Waals surface area (Å²) in [5.41, 5.74) is 0.874. The van der Waals surface area contributed by atoms with Crippen molar-refractivity contribution in [2.45, 2.75) is 6.92 Å². The summed E-state index contributed by atoms with van der Waals surface area (Å²) in [6.45, 7) is 5.14. The lowest BCUT2D eigenvalue weighted by Gasteiger charge is -2.34. The second kappa shape index (κ2) is 9.77. The fraction of sp³-hybridized carbons (Fsp3) is 0.381. The average Bonchev–Trinajstić information content (AvgIpc) is 2.78. The van der Waals surface area contributed by atoms with Gasteiger partial charge in [0.2, 0.25) is 11.8 Å². The molecule has 1 aliphatic heterocycles. The zero-order valence-corrected chi connectivity index (χ0v) is 17.0. The summed E-state index contributed by atoms with van der Waals surface area (Å²) in [5, 5.41) is 8.27. The van der Waals surface area contributed by atoms with Gasteiger partial charge in [-0.25, -0.2) is 0 Å². The van der Waals surface area contributed by atoms with E-state index in [1.54, 1.807) is 26.4 Å². The van der Waals surface area contributed by atoms with E-state index in [9.17, 15) is 4.79 Å². The number of carbonyl (C=O) groups is 1. The van der Waals surface area contributed by atoms with Gasteiger partial charge in [-0.05, 0) is 36.8 Å². The van der Waals surface area contributed by atoms with Crippen LogP contribution in [0.5, 0.6) is 17.4 Å². The van der Waals surface area contributed by atoms with Crippen molar-refractivity contribution < 1.29 is 19.0 Å². The van der Waals surface area contributed by atoms with E-state index in [0.29, 0.717) is 50.2 Å². The summed E-state index contributed by atoms with van der Waals surface area (Å²) in [6, 6.07) is 9.25. The van der Waals surface area contributed by atoms with E-state index in [1.165, 1.54) is 0 Å². The van der Waals surface area contributed by atoms with Crippen molar-refractivity contribution in [1.29, 1.82) is 0 Å². The van der Waals surface area contributed by atoms with E-state index in [4.69, 9.17) is 14.2 Å². The quantitative estimate of drug-likeness (QED) is 0.662. The highest BCUT2D eigenvalue weighted by atomic mass is 16.5. The van der Waals surface area contributed by atoms with Gasteiger partial charge in [0.15, 0.2) is 17.3 Å². The number of rotatable bonds is 7. The van der Waals surface area contributed by atoms with Gasteiger partial charge in [0.05, 0.1) is 20.8 Å². The molecule has 154 valence electrons. The summed E-state index contributed by atoms with van der Waals surface area (Å²) in [7, 11) is 3.18. The average molecular weight is 398 g/mol. The van der Waals surface area contributed by atoms with E-state index in [1.807, 2.05) is 42.2 Å². The van der Waals surface area contributed by atoms with Crippen molar-refractivity contribution in [3.63, 3.8) is 0 Å². The molecule has 1 fully saturated rings. The number of hydrogen-bond donors (Lipinski definition) is 0. The minimum atomic E-state index is -0.0165. The Labute approximate surface area is 170 Å². The molecule has 0 unspecified atom stereocenters. The highest BCUT2D eigenvalue weighted by Gasteiger charge is 2.21. The second-order valence-electron chi connectivity index (χ2n) is 6.42. The minimum absolute atomic E-state index is 0.0165. The van der Waals surface area contributed by atoms with Gasteiger partial charge < -0.3 is 24.0 Å². The van der Waals surface area contributed by atoms with Gasteiger partial charge in [-0.1, -0.05) is 6.07 Å². The summed E-state index contributed by atoms with van der Waals surface area (Å²) >= 11 is 0. The van der Waals surface area contributed by atoms with Crippen molar-refractivity contribution in [3.8, 4) is 17.4 Å². The number of ether oxygens (including phenoxy) is 3. The summed E-state index contributed by atoms with van der Waals surface area (Å²) in [5.74, 6) is 2.58. The number of amides is 1. The van der Waals surface area contributed by atoms with Crippen LogP contribution in [0.15, 0.2) is 36.4 Å². The topological polar surface area (TPSA) is 77.0 Å². The maximum atomic E-state index is 12.5. The lowest BCUT2D eigenvalue weighted by Crippen LogP contribution is -2.48. The first-order valence-electron chi connectivity index (χ1n) is 9.55. The smallest absolute Gasteiger partial charge is 0.246 e. The van der Waals surface area contributed by atoms with E-state index in [-0.39, 0.29) is 5.91 Å². The Kier molecular flexibility index (Phi) is 6.89. The molecule has 0 bridgehead atoms. The molecule has 0 spiro atoms. The Bertz CT molecular complexity index is 846. The van der Waals surface area contributed by atoms with E-state index in [2.05, 4.69) is 15.1 Å². The zero-order chi connectivity index (χ0) is 20.6. The lowest BCUT2D eigenvalue weighted by molar-refractivity contribution is -0.126. The molecule has 0 atom stereocenters. The Morgan fingerprint density at radius 1 is 1.03 bits per heavy atom. The number of nitrogens with zero attached hydrogens (tertiary/aromatic N) is 4. The van der Waals surface area contributed by atoms with Crippen molar-refractivity contribution in [1.82, 2.24) is 15.1 Å². The molecule has 1 aromatic carbocycles. The molecule has 1 aromatic heterocycles. The first-order valence-corrected chi connectivity index (χ1v) is 9.55. The molecule has 2 heterocycles. The van der Waals surface area contributed by atoms with Gasteiger partial charge in [0.1, 0.15) is 0 Å². The molecule has 0 aliphatic carbocycles. The first-order chi connectivity index (χ1) is 14.1. The molecule has 8 heteroatoms. The summed E-state index contributed by atoms with van der Waals surface area (Å²) in [4.78, 5) is 16.5. The number of benzene rings is 1. The highest BCUT2D eigenvalue weighted by molar-refractivity contribution is 5.92. The fourth-order valence-electron chi connectivity index (χ4n) is 3.09. The SMILES string of the molecule is CCOc1ccc(N2CCN(C(=O)/C=C/c3ccc(OC)c(OC)c3)CC2)nn1. The zero-order valence-electron chi connectivity index (χ0n) is 17.0. The van der Waals surface area contributed by atoms with Crippen LogP contribution in [-0.2, 0) is 4.79 Å². The first kappa shape index (κ1) is 20.4. The fourth-order valence-corrected chi connectivity index (χ4v) is 3.09. The molecule has 8 nitrogen and oxygen atoms in total. The molecular formula is C21H26N4O4. The largest absolute Gasteiger partial charge is 0.493 e. The monoisotopic (exact) mass is 398 g/mol. The van der Waals surface area contributed by atoms with Gasteiger partial charge in [-0.15, -0.1) is 10.2 Å². The van der Waals surface area contributed by atoms with Crippen molar-refractivity contribution in [2.24, 2.45) is 0 Å². The number of aromatic nitrogens is 2. The Morgan fingerprint density at radius 3 is 2.41 bits per heavy atom. The Balaban J connectivity index is 1.55. The standard InChI is InChI=1S/C21H26N4O4/c1-4-29-20-9-8-19(22-23-20)24-11-13-25(14-12-24)21(26)10-6-16-5-7-17(27-2)18(15-16)28-3/h5-10,15H,4,11-14H2,1-3H3/b10-6+. The van der Waals surface area contributed by atoms with Gasteiger partial charge in [-0.3, -0.25) is 4.79 Å². The molecule has 1 aliphatic rings. The third kappa shape index (κ3) is 5.16. The van der Waals surface area contributed by atoms with Crippen LogP contribution >= 0.6 is 0 Å². The number of hydrogen-bond acceptors (Lipinski definition) is 7. The van der Waals surface area contributed by atoms with Crippen LogP contribution in [0.4, 0.5) is 5.82 Å². The molecule has 3 rings (SSSR count). The Morgan fingerprint density at radius 2 is 1.79 bits per heavy atom. The molecule has 1 saturated heterocycles. The van der Waals surface area contributed by atoms with Crippen molar-refractivity contribution >= 4 is 17.8 Å². The van der Waals surface area contributed by atoms with Crippen LogP contribution in [0.1, 0.15) is 12.5 Å². The predicted molar refractivity (Wildman–Crippen MR) is 111 cm³/mol. The van der Waals surface area contributed by atoms with Crippen LogP contribution < -0.4 is 19.1 Å². The van der Waals surface area contributed by atoms with Crippen molar-refractivity contribution in [2.75, 3.05) is 51.9 Å². The number of anilines is 1. The van der Waals surface area contributed by atoms with Gasteiger partial charge in [0, 0.05) is 38.3 Å². The van der Waals surface area contributed by atoms with E-state index in [0.717, 1.165) is 11.4 Å². The van der Waals surface area contributed by atoms with Crippen LogP contribution in [0, 0.1) is 0 Å². The van der Waals surface area contributed by atoms with Crippen LogP contribution in [-0.4, -0.2) is 68.0 Å². The lowest BCUT2D eigenvalue weighted by atomic mass is 10.2. The number of piperazine rings is 1. The molecule has 0 saturated carbocycles. The molecule has 2 aromatic rings. The van der Waals surface area contributed by atoms with Crippen molar-refractivity contribution in [3.05, 3.63) is 42.0 Å². The maximum Gasteiger partial charge on any atom is 0.246 e. The predicted octanol–water partition coefficient (Wildman–Crippen LogP) is 2.25. The summed E-state index contributed by atoms with van der Waals surface area (Å²) < 4.78 is 15.8. The number of carbonyl (C=O) groups excluding carboxylic acids is 1. The molecule has 1 amide bonds. The maximum absolute atomic E-state index is 12.5. The van der Waals surface area contributed by atoms with Gasteiger partial charge >= 0.3 is 0 Å². The molecule has 0 radical (unpaired) electrons. The second-order valence-corrected chi connectivity index (χ2v) is 6.42. The van der Waals surface area contributed by atoms with E-state index < -0.39 is 0 Å². The van der Waals surface area contributed by atoms with Crippen LogP contribution in [0.3, 0.4) is 0 Å². The summed E-state index contributed by atoms with van der Waals surface area (Å²) in [6.07, 6.45) is 3.38. The molecule has 0 N–H and O–H groups in total. The van der Waals surface area contributed by atoms with Gasteiger partial charge in [0.25, 0.3) is 0 Å². The Hall–Kier alpha value is -3.29. The third-order valence-corrected chi connectivity index (χ3v) is 4.66. The minimum Gasteiger partial charge on any atom is -0.493 e.